The van der Waals surface area contributed by atoms with Crippen molar-refractivity contribution in [1.29, 1.82) is 0 Å². The molecule has 2 bridgehead atoms. The molecule has 178 valence electrons. The van der Waals surface area contributed by atoms with Crippen LogP contribution in [0.1, 0.15) is 63.6 Å². The number of aryl methyl sites for hydroxylation is 1. The molecule has 0 radical (unpaired) electrons. The first-order valence-electron chi connectivity index (χ1n) is 12.0. The van der Waals surface area contributed by atoms with Gasteiger partial charge in [0.2, 0.25) is 5.91 Å². The van der Waals surface area contributed by atoms with Crippen LogP contribution in [0.5, 0.6) is 0 Å². The van der Waals surface area contributed by atoms with Crippen molar-refractivity contribution in [3.05, 3.63) is 5.82 Å². The summed E-state index contributed by atoms with van der Waals surface area (Å²) >= 11 is 0. The number of nitrogens with zero attached hydrogens (tertiary/aromatic N) is 4. The van der Waals surface area contributed by atoms with Crippen LogP contribution in [-0.4, -0.2) is 64.4 Å². The lowest BCUT2D eigenvalue weighted by molar-refractivity contribution is -0.220. The minimum absolute atomic E-state index is 0.00228. The third-order valence-corrected chi connectivity index (χ3v) is 8.29. The molecule has 1 aromatic heterocycles. The van der Waals surface area contributed by atoms with Gasteiger partial charge < -0.3 is 14.7 Å². The predicted octanol–water partition coefficient (Wildman–Crippen LogP) is 3.44. The van der Waals surface area contributed by atoms with Gasteiger partial charge in [-0.15, -0.1) is 0 Å². The number of amides is 1. The number of carbonyl (C=O) groups is 1. The van der Waals surface area contributed by atoms with E-state index in [4.69, 9.17) is 4.52 Å². The fourth-order valence-electron chi connectivity index (χ4n) is 6.22. The molecule has 1 N–H and O–H groups in total. The van der Waals surface area contributed by atoms with Gasteiger partial charge in [0.05, 0.1) is 0 Å². The molecule has 5 aliphatic rings. The molecule has 3 aliphatic heterocycles. The van der Waals surface area contributed by atoms with Gasteiger partial charge in [0.25, 0.3) is 0 Å². The van der Waals surface area contributed by atoms with Crippen molar-refractivity contribution in [2.45, 2.75) is 88.5 Å². The summed E-state index contributed by atoms with van der Waals surface area (Å²) in [5, 5.41) is 6.33. The Morgan fingerprint density at radius 3 is 2.50 bits per heavy atom. The van der Waals surface area contributed by atoms with Gasteiger partial charge in [0.1, 0.15) is 5.54 Å². The molecule has 32 heavy (non-hydrogen) atoms. The number of hydrogen-bond donors (Lipinski definition) is 1. The number of rotatable bonds is 4. The molecule has 0 spiro atoms. The topological polar surface area (TPSA) is 74.5 Å². The van der Waals surface area contributed by atoms with Crippen LogP contribution in [0.2, 0.25) is 0 Å². The lowest BCUT2D eigenvalue weighted by Gasteiger charge is -2.48. The van der Waals surface area contributed by atoms with Crippen molar-refractivity contribution in [2.75, 3.05) is 24.5 Å². The first kappa shape index (κ1) is 22.0. The van der Waals surface area contributed by atoms with E-state index in [-0.39, 0.29) is 18.8 Å². The van der Waals surface area contributed by atoms with E-state index in [9.17, 15) is 18.0 Å². The van der Waals surface area contributed by atoms with Crippen LogP contribution in [0, 0.1) is 18.8 Å². The Morgan fingerprint density at radius 1 is 1.16 bits per heavy atom. The minimum Gasteiger partial charge on any atom is -0.342 e. The van der Waals surface area contributed by atoms with Crippen LogP contribution >= 0.6 is 0 Å². The van der Waals surface area contributed by atoms with Gasteiger partial charge in [-0.3, -0.25) is 9.69 Å². The maximum Gasteiger partial charge on any atom is 0.411 e. The van der Waals surface area contributed by atoms with Crippen LogP contribution < -0.4 is 10.2 Å². The predicted molar refractivity (Wildman–Crippen MR) is 111 cm³/mol. The number of nitrogens with one attached hydrogen (secondary N) is 1. The maximum absolute atomic E-state index is 13.4. The smallest absolute Gasteiger partial charge is 0.342 e. The molecular formula is C22H32F3N5O2. The molecule has 2 saturated carbocycles. The molecule has 1 aromatic rings. The Labute approximate surface area is 186 Å². The fraction of sp³-hybridized carbons (Fsp3) is 0.864. The van der Waals surface area contributed by atoms with Crippen LogP contribution in [0.4, 0.5) is 19.2 Å². The average molecular weight is 456 g/mol. The monoisotopic (exact) mass is 455 g/mol. The molecule has 0 aromatic carbocycles. The number of fused-ring (bicyclic) bond motifs is 4. The van der Waals surface area contributed by atoms with E-state index in [2.05, 4.69) is 25.3 Å². The summed E-state index contributed by atoms with van der Waals surface area (Å²) in [7, 11) is 0. The summed E-state index contributed by atoms with van der Waals surface area (Å²) in [5.74, 6) is 0.398. The molecular weight excluding hydrogens is 423 g/mol. The molecule has 2 aliphatic carbocycles. The SMILES string of the molecule is Cc1noc(N2CC3CCCC2CC3N2CCC(C(=O)NC3(C(F)(F)F)CCC3)CC2)n1. The number of halogens is 3. The summed E-state index contributed by atoms with van der Waals surface area (Å²) < 4.78 is 45.7. The first-order valence-corrected chi connectivity index (χ1v) is 12.0. The number of piperidine rings is 2. The van der Waals surface area contributed by atoms with Crippen molar-refractivity contribution in [3.8, 4) is 0 Å². The first-order chi connectivity index (χ1) is 15.3. The van der Waals surface area contributed by atoms with Crippen molar-refractivity contribution < 1.29 is 22.5 Å². The van der Waals surface area contributed by atoms with E-state index in [1.165, 1.54) is 6.42 Å². The Kier molecular flexibility index (Phi) is 5.62. The highest BCUT2D eigenvalue weighted by molar-refractivity contribution is 5.79. The van der Waals surface area contributed by atoms with Gasteiger partial charge >= 0.3 is 12.2 Å². The summed E-state index contributed by atoms with van der Waals surface area (Å²) in [6.45, 7) is 4.26. The van der Waals surface area contributed by atoms with E-state index in [1.807, 2.05) is 6.92 Å². The normalized spacial score (nSPS) is 31.2. The summed E-state index contributed by atoms with van der Waals surface area (Å²) in [6.07, 6.45) is 1.86. The third-order valence-electron chi connectivity index (χ3n) is 8.29. The number of alkyl halides is 3. The second-order valence-corrected chi connectivity index (χ2v) is 10.2. The van der Waals surface area contributed by atoms with E-state index in [0.29, 0.717) is 49.1 Å². The van der Waals surface area contributed by atoms with Gasteiger partial charge in [0, 0.05) is 24.5 Å². The third kappa shape index (κ3) is 3.88. The number of anilines is 1. The summed E-state index contributed by atoms with van der Waals surface area (Å²) in [4.78, 5) is 21.8. The van der Waals surface area contributed by atoms with Crippen LogP contribution in [-0.2, 0) is 4.79 Å². The van der Waals surface area contributed by atoms with Crippen LogP contribution in [0.3, 0.4) is 0 Å². The van der Waals surface area contributed by atoms with E-state index < -0.39 is 17.6 Å². The zero-order valence-electron chi connectivity index (χ0n) is 18.5. The molecule has 3 saturated heterocycles. The summed E-state index contributed by atoms with van der Waals surface area (Å²) in [6, 6.07) is 1.42. The van der Waals surface area contributed by atoms with Crippen molar-refractivity contribution in [1.82, 2.24) is 20.4 Å². The Balaban J connectivity index is 1.18. The summed E-state index contributed by atoms with van der Waals surface area (Å²) in [5.41, 5.74) is -1.99. The van der Waals surface area contributed by atoms with Crippen molar-refractivity contribution in [2.24, 2.45) is 11.8 Å². The second kappa shape index (κ2) is 8.18. The molecule has 5 fully saturated rings. The zero-order chi connectivity index (χ0) is 22.5. The van der Waals surface area contributed by atoms with Gasteiger partial charge in [-0.2, -0.15) is 18.2 Å². The average Bonchev–Trinajstić information content (AvgIpc) is 2.94. The Bertz CT molecular complexity index is 832. The molecule has 3 atom stereocenters. The molecule has 7 nitrogen and oxygen atoms in total. The second-order valence-electron chi connectivity index (χ2n) is 10.2. The quantitative estimate of drug-likeness (QED) is 0.750. The fourth-order valence-corrected chi connectivity index (χ4v) is 6.22. The van der Waals surface area contributed by atoms with Crippen molar-refractivity contribution in [3.63, 3.8) is 0 Å². The van der Waals surface area contributed by atoms with Gasteiger partial charge in [-0.05, 0) is 77.3 Å². The van der Waals surface area contributed by atoms with Crippen LogP contribution in [0.15, 0.2) is 4.52 Å². The standard InChI is InChI=1S/C22H32F3N5O2/c1-14-26-20(32-28-14)30-13-16-4-2-5-17(30)12-18(16)29-10-6-15(7-11-29)19(31)27-21(8-3-9-21)22(23,24)25/h15-18H,2-13H2,1H3,(H,27,31). The van der Waals surface area contributed by atoms with Crippen molar-refractivity contribution >= 4 is 11.9 Å². The van der Waals surface area contributed by atoms with Crippen LogP contribution in [0.25, 0.3) is 0 Å². The highest BCUT2D eigenvalue weighted by atomic mass is 19.4. The number of hydrogen-bond acceptors (Lipinski definition) is 6. The van der Waals surface area contributed by atoms with E-state index >= 15 is 0 Å². The largest absolute Gasteiger partial charge is 0.411 e. The van der Waals surface area contributed by atoms with E-state index in [0.717, 1.165) is 38.9 Å². The Morgan fingerprint density at radius 2 is 1.91 bits per heavy atom. The number of likely N-dealkylation sites (tertiary alicyclic amines) is 1. The highest BCUT2D eigenvalue weighted by Crippen LogP contribution is 2.45. The lowest BCUT2D eigenvalue weighted by Crippen LogP contribution is -2.64. The number of aromatic nitrogens is 2. The maximum atomic E-state index is 13.4. The van der Waals surface area contributed by atoms with Gasteiger partial charge in [-0.25, -0.2) is 0 Å². The zero-order valence-corrected chi connectivity index (χ0v) is 18.5. The minimum atomic E-state index is -4.37. The molecule has 10 heteroatoms. The highest BCUT2D eigenvalue weighted by Gasteiger charge is 2.59. The van der Waals surface area contributed by atoms with E-state index in [1.54, 1.807) is 0 Å². The molecule has 6 rings (SSSR count). The number of carbonyl (C=O) groups excluding carboxylic acids is 1. The Hall–Kier alpha value is -1.84. The lowest BCUT2D eigenvalue weighted by atomic mass is 9.75. The molecule has 1 amide bonds. The molecule has 4 heterocycles. The molecule has 3 unspecified atom stereocenters. The van der Waals surface area contributed by atoms with Gasteiger partial charge in [0.15, 0.2) is 5.82 Å². The van der Waals surface area contributed by atoms with Gasteiger partial charge in [-0.1, -0.05) is 11.6 Å².